The smallest absolute Gasteiger partial charge is 0.475 e. The van der Waals surface area contributed by atoms with E-state index in [2.05, 4.69) is 20.1 Å². The predicted octanol–water partition coefficient (Wildman–Crippen LogP) is 2.58. The van der Waals surface area contributed by atoms with Crippen LogP contribution < -0.4 is 20.1 Å². The first-order valence-corrected chi connectivity index (χ1v) is 7.70. The lowest BCUT2D eigenvalue weighted by molar-refractivity contribution is -0.286. The van der Waals surface area contributed by atoms with E-state index in [1.54, 1.807) is 0 Å². The molecule has 0 radical (unpaired) electrons. The number of halogens is 5. The maximum atomic E-state index is 13.0. The van der Waals surface area contributed by atoms with Crippen molar-refractivity contribution in [1.29, 1.82) is 0 Å². The first-order chi connectivity index (χ1) is 12.5. The Hall–Kier alpha value is -2.63. The molecule has 150 valence electrons. The van der Waals surface area contributed by atoms with E-state index in [4.69, 9.17) is 9.90 Å². The van der Waals surface area contributed by atoms with Crippen LogP contribution in [0.25, 0.3) is 0 Å². The van der Waals surface area contributed by atoms with E-state index >= 15 is 0 Å². The number of rotatable bonds is 2. The van der Waals surface area contributed by atoms with E-state index in [0.717, 1.165) is 19.4 Å². The summed E-state index contributed by atoms with van der Waals surface area (Å²) in [5, 5.41) is 12.9. The van der Waals surface area contributed by atoms with Crippen molar-refractivity contribution in [3.63, 3.8) is 0 Å². The summed E-state index contributed by atoms with van der Waals surface area (Å²) in [6.45, 7) is 1.49. The van der Waals surface area contributed by atoms with E-state index in [1.807, 2.05) is 0 Å². The normalized spacial score (nSPS) is 20.3. The van der Waals surface area contributed by atoms with E-state index in [1.165, 1.54) is 18.2 Å². The molecule has 2 aliphatic heterocycles. The average Bonchev–Trinajstić information content (AvgIpc) is 2.90. The number of fused-ring (bicyclic) bond motifs is 1. The molecule has 1 unspecified atom stereocenters. The Morgan fingerprint density at radius 3 is 2.48 bits per heavy atom. The number of amides is 1. The summed E-state index contributed by atoms with van der Waals surface area (Å²) < 4.78 is 66.6. The number of hydrogen-bond acceptors (Lipinski definition) is 5. The topological polar surface area (TPSA) is 96.9 Å². The van der Waals surface area contributed by atoms with Gasteiger partial charge in [0.1, 0.15) is 0 Å². The van der Waals surface area contributed by atoms with Gasteiger partial charge < -0.3 is 25.2 Å². The third-order valence-corrected chi connectivity index (χ3v) is 3.60. The van der Waals surface area contributed by atoms with Gasteiger partial charge in [0.25, 0.3) is 0 Å². The van der Waals surface area contributed by atoms with Crippen molar-refractivity contribution < 1.29 is 46.1 Å². The summed E-state index contributed by atoms with van der Waals surface area (Å²) in [6, 6.07) is 4.41. The number of ether oxygens (including phenoxy) is 2. The van der Waals surface area contributed by atoms with Crippen molar-refractivity contribution in [2.24, 2.45) is 5.92 Å². The Balaban J connectivity index is 0.000000321. The molecule has 12 heteroatoms. The zero-order valence-electron chi connectivity index (χ0n) is 13.6. The number of aliphatic carboxylic acids is 1. The van der Waals surface area contributed by atoms with E-state index in [0.29, 0.717) is 6.54 Å². The van der Waals surface area contributed by atoms with E-state index in [9.17, 15) is 26.7 Å². The molecule has 1 saturated heterocycles. The highest BCUT2D eigenvalue weighted by molar-refractivity contribution is 5.94. The van der Waals surface area contributed by atoms with Crippen LogP contribution in [0.1, 0.15) is 12.8 Å². The van der Waals surface area contributed by atoms with Crippen molar-refractivity contribution in [2.45, 2.75) is 25.3 Å². The molecule has 0 aliphatic carbocycles. The van der Waals surface area contributed by atoms with Crippen molar-refractivity contribution >= 4 is 17.6 Å². The van der Waals surface area contributed by atoms with Gasteiger partial charge in [-0.15, -0.1) is 8.78 Å². The summed E-state index contributed by atoms with van der Waals surface area (Å²) >= 11 is 0. The summed E-state index contributed by atoms with van der Waals surface area (Å²) in [7, 11) is 0. The second-order valence-electron chi connectivity index (χ2n) is 5.64. The summed E-state index contributed by atoms with van der Waals surface area (Å²) in [5.41, 5.74) is 0.204. The highest BCUT2D eigenvalue weighted by Gasteiger charge is 2.44. The van der Waals surface area contributed by atoms with Gasteiger partial charge in [-0.2, -0.15) is 13.2 Å². The number of carbonyl (C=O) groups excluding carboxylic acids is 1. The Labute approximate surface area is 149 Å². The first kappa shape index (κ1) is 20.7. The molecule has 1 aromatic carbocycles. The molecule has 1 amide bonds. The molecular formula is C15H15F5N2O5. The number of carboxylic acids is 1. The first-order valence-electron chi connectivity index (χ1n) is 7.70. The minimum atomic E-state index is -5.08. The zero-order chi connectivity index (χ0) is 20.2. The summed E-state index contributed by atoms with van der Waals surface area (Å²) in [4.78, 5) is 21.0. The monoisotopic (exact) mass is 398 g/mol. The second-order valence-corrected chi connectivity index (χ2v) is 5.64. The fourth-order valence-electron chi connectivity index (χ4n) is 2.38. The van der Waals surface area contributed by atoms with Crippen molar-refractivity contribution in [1.82, 2.24) is 5.32 Å². The molecule has 0 spiro atoms. The summed E-state index contributed by atoms with van der Waals surface area (Å²) in [5.74, 6) is -3.33. The van der Waals surface area contributed by atoms with Gasteiger partial charge in [-0.25, -0.2) is 4.79 Å². The molecule has 0 aromatic heterocycles. The molecular weight excluding hydrogens is 383 g/mol. The fourth-order valence-corrected chi connectivity index (χ4v) is 2.38. The molecule has 3 rings (SSSR count). The minimum absolute atomic E-state index is 0.0745. The van der Waals surface area contributed by atoms with Gasteiger partial charge in [0.05, 0.1) is 11.6 Å². The molecule has 27 heavy (non-hydrogen) atoms. The van der Waals surface area contributed by atoms with Crippen LogP contribution in [0, 0.1) is 5.92 Å². The van der Waals surface area contributed by atoms with Gasteiger partial charge in [0, 0.05) is 6.54 Å². The molecule has 2 heterocycles. The number of anilines is 1. The quantitative estimate of drug-likeness (QED) is 0.663. The van der Waals surface area contributed by atoms with Crippen LogP contribution >= 0.6 is 0 Å². The molecule has 1 fully saturated rings. The number of benzene rings is 1. The number of para-hydroxylation sites is 1. The maximum absolute atomic E-state index is 13.0. The van der Waals surface area contributed by atoms with Crippen molar-refractivity contribution in [2.75, 3.05) is 18.4 Å². The number of hydrogen-bond donors (Lipinski definition) is 3. The third-order valence-electron chi connectivity index (χ3n) is 3.60. The van der Waals surface area contributed by atoms with Gasteiger partial charge in [0.15, 0.2) is 11.5 Å². The number of alkyl halides is 5. The minimum Gasteiger partial charge on any atom is -0.475 e. The Morgan fingerprint density at radius 2 is 1.93 bits per heavy atom. The van der Waals surface area contributed by atoms with Crippen LogP contribution in [0.3, 0.4) is 0 Å². The average molecular weight is 398 g/mol. The Kier molecular flexibility index (Phi) is 6.08. The number of carboxylic acid groups (broad SMARTS) is 1. The lowest BCUT2D eigenvalue weighted by Gasteiger charge is -2.22. The predicted molar refractivity (Wildman–Crippen MR) is 80.6 cm³/mol. The highest BCUT2D eigenvalue weighted by atomic mass is 19.4. The molecule has 1 aromatic rings. The van der Waals surface area contributed by atoms with Crippen molar-refractivity contribution in [3.8, 4) is 11.5 Å². The molecule has 1 atom stereocenters. The second kappa shape index (κ2) is 7.94. The van der Waals surface area contributed by atoms with Crippen LogP contribution in [0.5, 0.6) is 11.5 Å². The molecule has 3 N–H and O–H groups in total. The number of piperidine rings is 1. The number of nitrogens with one attached hydrogen (secondary N) is 2. The fraction of sp³-hybridized carbons (Fsp3) is 0.467. The van der Waals surface area contributed by atoms with Gasteiger partial charge in [-0.1, -0.05) is 6.07 Å². The van der Waals surface area contributed by atoms with Crippen LogP contribution in [-0.2, 0) is 9.59 Å². The summed E-state index contributed by atoms with van der Waals surface area (Å²) in [6.07, 6.45) is -7.07. The molecule has 0 bridgehead atoms. The van der Waals surface area contributed by atoms with Gasteiger partial charge >= 0.3 is 18.4 Å². The van der Waals surface area contributed by atoms with Crippen molar-refractivity contribution in [3.05, 3.63) is 18.2 Å². The highest BCUT2D eigenvalue weighted by Crippen LogP contribution is 2.45. The zero-order valence-corrected chi connectivity index (χ0v) is 13.6. The van der Waals surface area contributed by atoms with Crippen LogP contribution in [-0.4, -0.2) is 42.5 Å². The standard InChI is InChI=1S/C13H14F2N2O3.C2HF3O2/c14-13(15)19-10-5-1-4-9(11(10)20-13)17-12(18)8-3-2-6-16-7-8;3-2(4,5)1(6)7/h1,4-5,8,16H,2-3,6-7H2,(H,17,18);(H,6,7). The van der Waals surface area contributed by atoms with Crippen LogP contribution in [0.15, 0.2) is 18.2 Å². The van der Waals surface area contributed by atoms with E-state index < -0.39 is 18.4 Å². The van der Waals surface area contributed by atoms with Crippen LogP contribution in [0.4, 0.5) is 27.6 Å². The van der Waals surface area contributed by atoms with Gasteiger partial charge in [0.2, 0.25) is 5.91 Å². The Bertz CT molecular complexity index is 704. The molecule has 2 aliphatic rings. The number of carbonyl (C=O) groups is 2. The lowest BCUT2D eigenvalue weighted by Crippen LogP contribution is -2.37. The van der Waals surface area contributed by atoms with Crippen LogP contribution in [0.2, 0.25) is 0 Å². The Morgan fingerprint density at radius 1 is 1.26 bits per heavy atom. The SMILES string of the molecule is O=C(Nc1cccc2c1OC(F)(F)O2)C1CCCNC1.O=C(O)C(F)(F)F. The third kappa shape index (κ3) is 5.67. The maximum Gasteiger partial charge on any atom is 0.586 e. The van der Waals surface area contributed by atoms with E-state index in [-0.39, 0.29) is 29.0 Å². The molecule has 7 nitrogen and oxygen atoms in total. The lowest BCUT2D eigenvalue weighted by atomic mass is 9.99. The largest absolute Gasteiger partial charge is 0.586 e. The molecule has 0 saturated carbocycles. The van der Waals surface area contributed by atoms with Gasteiger partial charge in [-0.3, -0.25) is 4.79 Å². The van der Waals surface area contributed by atoms with Gasteiger partial charge in [-0.05, 0) is 31.5 Å².